The third-order valence-electron chi connectivity index (χ3n) is 4.02. The van der Waals surface area contributed by atoms with Crippen molar-refractivity contribution in [3.8, 4) is 17.2 Å². The van der Waals surface area contributed by atoms with Crippen molar-refractivity contribution < 1.29 is 19.0 Å². The molecule has 0 saturated carbocycles. The van der Waals surface area contributed by atoms with Crippen molar-refractivity contribution in [2.45, 2.75) is 26.2 Å². The van der Waals surface area contributed by atoms with Crippen molar-refractivity contribution in [1.29, 1.82) is 0 Å². The lowest BCUT2D eigenvalue weighted by Gasteiger charge is -2.10. The molecule has 1 amide bonds. The molecule has 0 atom stereocenters. The number of rotatable bonds is 10. The molecule has 2 aromatic rings. The van der Waals surface area contributed by atoms with Crippen LogP contribution in [0.4, 0.5) is 0 Å². The van der Waals surface area contributed by atoms with E-state index < -0.39 is 0 Å². The number of hydrogen-bond donors (Lipinski definition) is 1. The first-order valence-electron chi connectivity index (χ1n) is 8.85. The molecule has 1 N–H and O–H groups in total. The fourth-order valence-corrected chi connectivity index (χ4v) is 2.62. The molecular formula is C21H27NO4. The lowest BCUT2D eigenvalue weighted by Crippen LogP contribution is -2.30. The predicted octanol–water partition coefficient (Wildman–Crippen LogP) is 3.39. The van der Waals surface area contributed by atoms with Crippen LogP contribution in [0.25, 0.3) is 0 Å². The first kappa shape index (κ1) is 19.6. The highest BCUT2D eigenvalue weighted by Crippen LogP contribution is 2.27. The fourth-order valence-electron chi connectivity index (χ4n) is 2.62. The number of hydrogen-bond acceptors (Lipinski definition) is 4. The summed E-state index contributed by atoms with van der Waals surface area (Å²) in [4.78, 5) is 11.9. The van der Waals surface area contributed by atoms with E-state index in [0.717, 1.165) is 18.4 Å². The van der Waals surface area contributed by atoms with Crippen LogP contribution in [0.1, 0.15) is 24.5 Å². The Bertz CT molecular complexity index is 698. The summed E-state index contributed by atoms with van der Waals surface area (Å²) in [6.45, 7) is 2.70. The molecule has 0 saturated heterocycles. The Labute approximate surface area is 155 Å². The molecule has 0 aromatic heterocycles. The average molecular weight is 357 g/mol. The van der Waals surface area contributed by atoms with E-state index in [4.69, 9.17) is 14.2 Å². The highest BCUT2D eigenvalue weighted by atomic mass is 16.5. The number of ether oxygens (including phenoxy) is 3. The standard InChI is InChI=1S/C21H27NO4/c1-4-5-16-6-9-18(10-7-16)26-15-21(23)22-13-12-17-8-11-19(24-2)20(14-17)25-3/h6-11,14H,4-5,12-13,15H2,1-3H3,(H,22,23). The van der Waals surface area contributed by atoms with E-state index in [-0.39, 0.29) is 12.5 Å². The molecule has 0 aliphatic heterocycles. The molecule has 0 heterocycles. The van der Waals surface area contributed by atoms with Gasteiger partial charge >= 0.3 is 0 Å². The van der Waals surface area contributed by atoms with Gasteiger partial charge in [0.25, 0.3) is 5.91 Å². The molecule has 0 aliphatic rings. The summed E-state index contributed by atoms with van der Waals surface area (Å²) in [5.74, 6) is 1.95. The Hall–Kier alpha value is -2.69. The van der Waals surface area contributed by atoms with Crippen LogP contribution >= 0.6 is 0 Å². The summed E-state index contributed by atoms with van der Waals surface area (Å²) in [6, 6.07) is 13.6. The van der Waals surface area contributed by atoms with Gasteiger partial charge in [-0.05, 0) is 48.2 Å². The van der Waals surface area contributed by atoms with E-state index in [2.05, 4.69) is 12.2 Å². The largest absolute Gasteiger partial charge is 0.493 e. The van der Waals surface area contributed by atoms with Gasteiger partial charge in [-0.1, -0.05) is 31.5 Å². The molecule has 0 unspecified atom stereocenters. The van der Waals surface area contributed by atoms with Gasteiger partial charge in [-0.2, -0.15) is 0 Å². The van der Waals surface area contributed by atoms with Crippen molar-refractivity contribution in [2.75, 3.05) is 27.4 Å². The van der Waals surface area contributed by atoms with Crippen LogP contribution in [0, 0.1) is 0 Å². The molecule has 0 bridgehead atoms. The Morgan fingerprint density at radius 2 is 1.62 bits per heavy atom. The van der Waals surface area contributed by atoms with Crippen molar-refractivity contribution in [3.05, 3.63) is 53.6 Å². The van der Waals surface area contributed by atoms with E-state index in [9.17, 15) is 4.79 Å². The number of nitrogens with one attached hydrogen (secondary N) is 1. The zero-order chi connectivity index (χ0) is 18.8. The van der Waals surface area contributed by atoms with Crippen LogP contribution in [-0.4, -0.2) is 33.3 Å². The van der Waals surface area contributed by atoms with Crippen LogP contribution in [0.15, 0.2) is 42.5 Å². The van der Waals surface area contributed by atoms with Gasteiger partial charge in [0.05, 0.1) is 14.2 Å². The van der Waals surface area contributed by atoms with Gasteiger partial charge in [-0.25, -0.2) is 0 Å². The summed E-state index contributed by atoms with van der Waals surface area (Å²) >= 11 is 0. The number of aryl methyl sites for hydroxylation is 1. The molecule has 5 heteroatoms. The molecular weight excluding hydrogens is 330 g/mol. The lowest BCUT2D eigenvalue weighted by molar-refractivity contribution is -0.123. The molecule has 2 rings (SSSR count). The van der Waals surface area contributed by atoms with E-state index in [1.165, 1.54) is 5.56 Å². The zero-order valence-corrected chi connectivity index (χ0v) is 15.7. The summed E-state index contributed by atoms with van der Waals surface area (Å²) in [7, 11) is 3.21. The van der Waals surface area contributed by atoms with Gasteiger partial charge in [-0.3, -0.25) is 4.79 Å². The number of carbonyl (C=O) groups excluding carboxylic acids is 1. The van der Waals surface area contributed by atoms with Gasteiger partial charge < -0.3 is 19.5 Å². The Kier molecular flexibility index (Phi) is 7.80. The topological polar surface area (TPSA) is 56.8 Å². The Morgan fingerprint density at radius 3 is 2.27 bits per heavy atom. The van der Waals surface area contributed by atoms with Crippen LogP contribution in [0.3, 0.4) is 0 Å². The molecule has 5 nitrogen and oxygen atoms in total. The van der Waals surface area contributed by atoms with Crippen molar-refractivity contribution in [3.63, 3.8) is 0 Å². The van der Waals surface area contributed by atoms with E-state index in [1.54, 1.807) is 14.2 Å². The maximum Gasteiger partial charge on any atom is 0.257 e. The van der Waals surface area contributed by atoms with Gasteiger partial charge in [0, 0.05) is 6.54 Å². The third kappa shape index (κ3) is 5.99. The van der Waals surface area contributed by atoms with E-state index in [0.29, 0.717) is 30.2 Å². The molecule has 0 radical (unpaired) electrons. The van der Waals surface area contributed by atoms with Crippen LogP contribution < -0.4 is 19.5 Å². The van der Waals surface area contributed by atoms with E-state index >= 15 is 0 Å². The molecule has 0 fully saturated rings. The zero-order valence-electron chi connectivity index (χ0n) is 15.7. The number of benzene rings is 2. The van der Waals surface area contributed by atoms with Crippen LogP contribution in [-0.2, 0) is 17.6 Å². The van der Waals surface area contributed by atoms with Crippen molar-refractivity contribution in [1.82, 2.24) is 5.32 Å². The summed E-state index contributed by atoms with van der Waals surface area (Å²) in [6.07, 6.45) is 2.87. The number of amides is 1. The van der Waals surface area contributed by atoms with Crippen LogP contribution in [0.5, 0.6) is 17.2 Å². The molecule has 2 aromatic carbocycles. The second-order valence-corrected chi connectivity index (χ2v) is 5.97. The molecule has 0 aliphatic carbocycles. The second-order valence-electron chi connectivity index (χ2n) is 5.97. The smallest absolute Gasteiger partial charge is 0.257 e. The van der Waals surface area contributed by atoms with Crippen LogP contribution in [0.2, 0.25) is 0 Å². The van der Waals surface area contributed by atoms with Gasteiger partial charge in [0.2, 0.25) is 0 Å². The minimum atomic E-state index is -0.136. The maximum absolute atomic E-state index is 11.9. The normalized spacial score (nSPS) is 10.3. The number of methoxy groups -OCH3 is 2. The summed E-state index contributed by atoms with van der Waals surface area (Å²) < 4.78 is 16.0. The highest BCUT2D eigenvalue weighted by molar-refractivity contribution is 5.77. The quantitative estimate of drug-likeness (QED) is 0.708. The SMILES string of the molecule is CCCc1ccc(OCC(=O)NCCc2ccc(OC)c(OC)c2)cc1. The monoisotopic (exact) mass is 357 g/mol. The Morgan fingerprint density at radius 1 is 0.923 bits per heavy atom. The highest BCUT2D eigenvalue weighted by Gasteiger charge is 2.06. The molecule has 0 spiro atoms. The Balaban J connectivity index is 1.73. The third-order valence-corrected chi connectivity index (χ3v) is 4.02. The second kappa shape index (κ2) is 10.3. The minimum absolute atomic E-state index is 0.0130. The molecule has 140 valence electrons. The van der Waals surface area contributed by atoms with E-state index in [1.807, 2.05) is 42.5 Å². The lowest BCUT2D eigenvalue weighted by atomic mass is 10.1. The first-order valence-corrected chi connectivity index (χ1v) is 8.85. The first-order chi connectivity index (χ1) is 12.7. The van der Waals surface area contributed by atoms with Gasteiger partial charge in [0.1, 0.15) is 5.75 Å². The summed E-state index contributed by atoms with van der Waals surface area (Å²) in [5.41, 5.74) is 2.34. The van der Waals surface area contributed by atoms with Crippen molar-refractivity contribution >= 4 is 5.91 Å². The molecule has 26 heavy (non-hydrogen) atoms. The fraction of sp³-hybridized carbons (Fsp3) is 0.381. The minimum Gasteiger partial charge on any atom is -0.493 e. The summed E-state index contributed by atoms with van der Waals surface area (Å²) in [5, 5.41) is 2.86. The maximum atomic E-state index is 11.9. The predicted molar refractivity (Wildman–Crippen MR) is 102 cm³/mol. The number of carbonyl (C=O) groups is 1. The average Bonchev–Trinajstić information content (AvgIpc) is 2.67. The van der Waals surface area contributed by atoms with Gasteiger partial charge in [-0.15, -0.1) is 0 Å². The van der Waals surface area contributed by atoms with Crippen molar-refractivity contribution in [2.24, 2.45) is 0 Å². The van der Waals surface area contributed by atoms with Gasteiger partial charge in [0.15, 0.2) is 18.1 Å².